The number of carbonyl (C=O) groups excluding carboxylic acids is 1. The molecule has 1 amide bonds. The molecule has 0 unspecified atom stereocenters. The fourth-order valence-electron chi connectivity index (χ4n) is 2.74. The highest BCUT2D eigenvalue weighted by atomic mass is 19.4. The zero-order chi connectivity index (χ0) is 23.5. The van der Waals surface area contributed by atoms with Gasteiger partial charge in [-0.1, -0.05) is 12.1 Å². The molecule has 0 spiro atoms. The van der Waals surface area contributed by atoms with Gasteiger partial charge in [-0.2, -0.15) is 18.3 Å². The molecule has 0 aliphatic rings. The van der Waals surface area contributed by atoms with E-state index < -0.39 is 23.2 Å². The van der Waals surface area contributed by atoms with E-state index in [-0.39, 0.29) is 17.3 Å². The number of phenols is 1. The first-order chi connectivity index (χ1) is 14.9. The van der Waals surface area contributed by atoms with Crippen molar-refractivity contribution in [2.75, 3.05) is 5.32 Å². The molecule has 0 bridgehead atoms. The van der Waals surface area contributed by atoms with Crippen molar-refractivity contribution in [2.45, 2.75) is 32.5 Å². The van der Waals surface area contributed by atoms with E-state index in [1.165, 1.54) is 0 Å². The van der Waals surface area contributed by atoms with Crippen molar-refractivity contribution in [3.8, 4) is 17.0 Å². The van der Waals surface area contributed by atoms with Gasteiger partial charge in [-0.05, 0) is 57.2 Å². The Labute approximate surface area is 182 Å². The highest BCUT2D eigenvalue weighted by Crippen LogP contribution is 2.29. The van der Waals surface area contributed by atoms with E-state index in [1.54, 1.807) is 30.3 Å². The normalized spacial score (nSPS) is 12.5. The van der Waals surface area contributed by atoms with E-state index in [4.69, 9.17) is 0 Å². The second kappa shape index (κ2) is 8.74. The van der Waals surface area contributed by atoms with Gasteiger partial charge in [0.1, 0.15) is 5.75 Å². The Morgan fingerprint density at radius 2 is 1.75 bits per heavy atom. The Morgan fingerprint density at radius 3 is 2.34 bits per heavy atom. The van der Waals surface area contributed by atoms with Crippen molar-refractivity contribution in [1.29, 1.82) is 0 Å². The Hall–Kier alpha value is -3.82. The van der Waals surface area contributed by atoms with Gasteiger partial charge in [0, 0.05) is 17.2 Å². The van der Waals surface area contributed by atoms with Crippen molar-refractivity contribution in [3.05, 3.63) is 65.7 Å². The minimum atomic E-state index is -4.48. The van der Waals surface area contributed by atoms with Crippen molar-refractivity contribution < 1.29 is 23.1 Å². The van der Waals surface area contributed by atoms with Gasteiger partial charge in [0.05, 0.1) is 16.8 Å². The van der Waals surface area contributed by atoms with Crippen LogP contribution in [0.2, 0.25) is 0 Å². The minimum absolute atomic E-state index is 0.0453. The van der Waals surface area contributed by atoms with Crippen molar-refractivity contribution >= 4 is 17.7 Å². The summed E-state index contributed by atoms with van der Waals surface area (Å²) in [6.45, 7) is 5.46. The molecule has 4 N–H and O–H groups in total. The van der Waals surface area contributed by atoms with Gasteiger partial charge in [0.2, 0.25) is 5.96 Å². The number of aromatic hydroxyl groups is 1. The lowest BCUT2D eigenvalue weighted by molar-refractivity contribution is -0.137. The predicted octanol–water partition coefficient (Wildman–Crippen LogP) is 4.80. The summed E-state index contributed by atoms with van der Waals surface area (Å²) in [5, 5.41) is 22.1. The molecule has 0 saturated heterocycles. The zero-order valence-corrected chi connectivity index (χ0v) is 17.6. The third kappa shape index (κ3) is 6.10. The number of H-pyrrole nitrogens is 1. The fraction of sp³-hybridized carbons (Fsp3) is 0.227. The average molecular weight is 445 g/mol. The summed E-state index contributed by atoms with van der Waals surface area (Å²) in [6.07, 6.45) is -4.48. The van der Waals surface area contributed by atoms with Crippen LogP contribution in [0.15, 0.2) is 59.6 Å². The van der Waals surface area contributed by atoms with Crippen molar-refractivity contribution in [2.24, 2.45) is 4.99 Å². The standard InChI is InChI=1S/C22H22F3N5O2/c1-21(2,3)28-20(27-19(32)13-7-9-15(10-8-13)22(23,24)25)26-18-12-17(29-30-18)14-5-4-6-16(31)11-14/h4-12,31H,1-3H3,(H3,26,27,28,29,30,32). The van der Waals surface area contributed by atoms with Crippen LogP contribution in [0.1, 0.15) is 36.7 Å². The number of benzene rings is 2. The van der Waals surface area contributed by atoms with Crippen molar-refractivity contribution in [3.63, 3.8) is 0 Å². The maximum Gasteiger partial charge on any atom is 0.416 e. The molecule has 0 atom stereocenters. The molecule has 0 aliphatic heterocycles. The number of nitrogens with zero attached hydrogens (tertiary/aromatic N) is 2. The number of phenolic OH excluding ortho intramolecular Hbond substituents is 1. The fourth-order valence-corrected chi connectivity index (χ4v) is 2.74. The van der Waals surface area contributed by atoms with E-state index in [0.29, 0.717) is 17.1 Å². The number of halogens is 3. The molecule has 7 nitrogen and oxygen atoms in total. The number of anilines is 1. The summed E-state index contributed by atoms with van der Waals surface area (Å²) in [5.41, 5.74) is -0.0445. The molecule has 3 rings (SSSR count). The second-order valence-electron chi connectivity index (χ2n) is 8.00. The number of aromatic amines is 1. The smallest absolute Gasteiger partial charge is 0.416 e. The van der Waals surface area contributed by atoms with Gasteiger partial charge in [0.25, 0.3) is 5.91 Å². The summed E-state index contributed by atoms with van der Waals surface area (Å²) in [6, 6.07) is 12.1. The van der Waals surface area contributed by atoms with Crippen LogP contribution in [0.5, 0.6) is 5.75 Å². The molecule has 0 fully saturated rings. The number of amides is 1. The van der Waals surface area contributed by atoms with Gasteiger partial charge in [-0.25, -0.2) is 4.99 Å². The molecule has 0 aliphatic carbocycles. The number of carbonyl (C=O) groups is 1. The van der Waals surface area contributed by atoms with Crippen LogP contribution in [0.3, 0.4) is 0 Å². The largest absolute Gasteiger partial charge is 0.508 e. The van der Waals surface area contributed by atoms with E-state index in [1.807, 2.05) is 20.8 Å². The molecule has 1 aromatic heterocycles. The third-order valence-corrected chi connectivity index (χ3v) is 4.14. The van der Waals surface area contributed by atoms with Crippen LogP contribution >= 0.6 is 0 Å². The lowest BCUT2D eigenvalue weighted by Crippen LogP contribution is -2.38. The topological polar surface area (TPSA) is 102 Å². The number of hydrogen-bond donors (Lipinski definition) is 4. The van der Waals surface area contributed by atoms with Crippen molar-refractivity contribution in [1.82, 2.24) is 15.5 Å². The molecule has 10 heteroatoms. The molecule has 32 heavy (non-hydrogen) atoms. The SMILES string of the molecule is CC(C)(C)N=C(NC(=O)c1ccc(C(F)(F)F)cc1)Nc1cc(-c2cccc(O)c2)[nH]n1. The first-order valence-electron chi connectivity index (χ1n) is 9.61. The summed E-state index contributed by atoms with van der Waals surface area (Å²) < 4.78 is 38.3. The quantitative estimate of drug-likeness (QED) is 0.344. The van der Waals surface area contributed by atoms with Crippen LogP contribution in [-0.4, -0.2) is 32.7 Å². The Bertz CT molecular complexity index is 1130. The summed E-state index contributed by atoms with van der Waals surface area (Å²) in [7, 11) is 0. The third-order valence-electron chi connectivity index (χ3n) is 4.14. The zero-order valence-electron chi connectivity index (χ0n) is 17.6. The van der Waals surface area contributed by atoms with Gasteiger partial charge in [-0.15, -0.1) is 0 Å². The Kier molecular flexibility index (Phi) is 6.24. The molecular weight excluding hydrogens is 423 g/mol. The Balaban J connectivity index is 1.79. The van der Waals surface area contributed by atoms with Gasteiger partial charge in [-0.3, -0.25) is 15.2 Å². The summed E-state index contributed by atoms with van der Waals surface area (Å²) in [4.78, 5) is 17.0. The van der Waals surface area contributed by atoms with Crippen LogP contribution in [0.4, 0.5) is 19.0 Å². The molecule has 3 aromatic rings. The second-order valence-corrected chi connectivity index (χ2v) is 8.00. The van der Waals surface area contributed by atoms with Crippen LogP contribution in [0.25, 0.3) is 11.3 Å². The number of alkyl halides is 3. The first kappa shape index (κ1) is 22.9. The first-order valence-corrected chi connectivity index (χ1v) is 9.61. The number of hydrogen-bond acceptors (Lipinski definition) is 4. The van der Waals surface area contributed by atoms with Crippen LogP contribution < -0.4 is 10.6 Å². The predicted molar refractivity (Wildman–Crippen MR) is 115 cm³/mol. The molecule has 2 aromatic carbocycles. The highest BCUT2D eigenvalue weighted by molar-refractivity contribution is 6.09. The van der Waals surface area contributed by atoms with E-state index in [2.05, 4.69) is 25.8 Å². The summed E-state index contributed by atoms with van der Waals surface area (Å²) in [5.74, 6) is -0.0983. The minimum Gasteiger partial charge on any atom is -0.508 e. The van der Waals surface area contributed by atoms with Gasteiger partial charge >= 0.3 is 6.18 Å². The molecule has 168 valence electrons. The number of aromatic nitrogens is 2. The monoisotopic (exact) mass is 445 g/mol. The average Bonchev–Trinajstić information content (AvgIpc) is 3.14. The lowest BCUT2D eigenvalue weighted by Gasteiger charge is -2.17. The van der Waals surface area contributed by atoms with Crippen LogP contribution in [0, 0.1) is 0 Å². The van der Waals surface area contributed by atoms with E-state index in [9.17, 15) is 23.1 Å². The maximum atomic E-state index is 12.8. The number of rotatable bonds is 3. The summed E-state index contributed by atoms with van der Waals surface area (Å²) >= 11 is 0. The number of aliphatic imine (C=N–C) groups is 1. The van der Waals surface area contributed by atoms with Gasteiger partial charge in [0.15, 0.2) is 5.82 Å². The molecule has 0 saturated carbocycles. The van der Waals surface area contributed by atoms with Crippen LogP contribution in [-0.2, 0) is 6.18 Å². The van der Waals surface area contributed by atoms with E-state index >= 15 is 0 Å². The van der Waals surface area contributed by atoms with E-state index in [0.717, 1.165) is 24.3 Å². The Morgan fingerprint density at radius 1 is 1.06 bits per heavy atom. The number of guanidine groups is 1. The molecule has 0 radical (unpaired) electrons. The van der Waals surface area contributed by atoms with Gasteiger partial charge < -0.3 is 10.4 Å². The molecule has 1 heterocycles. The molecular formula is C22H22F3N5O2. The lowest BCUT2D eigenvalue weighted by atomic mass is 10.1. The number of nitrogens with one attached hydrogen (secondary N) is 3. The maximum absolute atomic E-state index is 12.8. The highest BCUT2D eigenvalue weighted by Gasteiger charge is 2.30.